The molecule has 0 aliphatic carbocycles. The van der Waals surface area contributed by atoms with Gasteiger partial charge in [-0.2, -0.15) is 10.1 Å². The fourth-order valence-electron chi connectivity index (χ4n) is 1.81. The van der Waals surface area contributed by atoms with Crippen molar-refractivity contribution in [3.8, 4) is 5.75 Å². The highest BCUT2D eigenvalue weighted by Crippen LogP contribution is 2.20. The normalized spacial score (nSPS) is 10.3. The molecule has 0 atom stereocenters. The lowest BCUT2D eigenvalue weighted by atomic mass is 10.3. The summed E-state index contributed by atoms with van der Waals surface area (Å²) in [7, 11) is 1.62. The average Bonchev–Trinajstić information content (AvgIpc) is 2.93. The Morgan fingerprint density at radius 3 is 2.82 bits per heavy atom. The Bertz CT molecular complexity index is 773. The Morgan fingerprint density at radius 1 is 1.14 bits per heavy atom. The lowest BCUT2D eigenvalue weighted by Gasteiger charge is -2.07. The van der Waals surface area contributed by atoms with Crippen LogP contribution < -0.4 is 15.4 Å². The quantitative estimate of drug-likeness (QED) is 0.742. The summed E-state index contributed by atoms with van der Waals surface area (Å²) in [6.45, 7) is 1.80. The van der Waals surface area contributed by atoms with Gasteiger partial charge < -0.3 is 19.9 Å². The first-order chi connectivity index (χ1) is 10.7. The molecule has 0 spiro atoms. The Kier molecular flexibility index (Phi) is 3.82. The van der Waals surface area contributed by atoms with E-state index >= 15 is 0 Å². The van der Waals surface area contributed by atoms with E-state index in [1.54, 1.807) is 20.1 Å². The Balaban J connectivity index is 1.75. The van der Waals surface area contributed by atoms with E-state index in [4.69, 9.17) is 9.26 Å². The van der Waals surface area contributed by atoms with E-state index in [2.05, 4.69) is 31.0 Å². The zero-order valence-electron chi connectivity index (χ0n) is 12.1. The highest BCUT2D eigenvalue weighted by molar-refractivity contribution is 5.59. The van der Waals surface area contributed by atoms with Crippen LogP contribution in [-0.4, -0.2) is 27.4 Å². The zero-order valence-corrected chi connectivity index (χ0v) is 12.1. The molecule has 0 unspecified atom stereocenters. The van der Waals surface area contributed by atoms with Crippen molar-refractivity contribution < 1.29 is 9.26 Å². The number of hydrogen-bond acceptors (Lipinski definition) is 8. The van der Waals surface area contributed by atoms with Crippen molar-refractivity contribution >= 4 is 23.3 Å². The van der Waals surface area contributed by atoms with Crippen LogP contribution in [0.15, 0.2) is 41.1 Å². The van der Waals surface area contributed by atoms with Crippen molar-refractivity contribution in [2.45, 2.75) is 6.92 Å². The predicted octanol–water partition coefficient (Wildman–Crippen LogP) is 2.66. The van der Waals surface area contributed by atoms with Gasteiger partial charge in [-0.1, -0.05) is 11.2 Å². The summed E-state index contributed by atoms with van der Waals surface area (Å²) in [5.74, 6) is 2.84. The van der Waals surface area contributed by atoms with Gasteiger partial charge in [0.1, 0.15) is 11.5 Å². The number of anilines is 4. The third-order valence-electron chi connectivity index (χ3n) is 2.77. The molecule has 0 saturated heterocycles. The van der Waals surface area contributed by atoms with Crippen molar-refractivity contribution in [3.63, 3.8) is 0 Å². The van der Waals surface area contributed by atoms with Gasteiger partial charge >= 0.3 is 0 Å². The molecule has 2 aromatic heterocycles. The largest absolute Gasteiger partial charge is 0.497 e. The van der Waals surface area contributed by atoms with Crippen LogP contribution in [0.25, 0.3) is 0 Å². The monoisotopic (exact) mass is 298 g/mol. The molecule has 8 nitrogen and oxygen atoms in total. The molecule has 0 bridgehead atoms. The van der Waals surface area contributed by atoms with E-state index in [1.807, 2.05) is 24.3 Å². The summed E-state index contributed by atoms with van der Waals surface area (Å²) in [5, 5.41) is 17.7. The molecule has 2 N–H and O–H groups in total. The van der Waals surface area contributed by atoms with E-state index in [-0.39, 0.29) is 0 Å². The maximum absolute atomic E-state index is 5.18. The SMILES string of the molecule is COc1cccc(Nc2cnnc(Nc3cc(C)on3)n2)c1. The molecule has 0 amide bonds. The minimum absolute atomic E-state index is 0.321. The van der Waals surface area contributed by atoms with Crippen LogP contribution in [0.5, 0.6) is 5.75 Å². The van der Waals surface area contributed by atoms with Gasteiger partial charge in [0, 0.05) is 17.8 Å². The standard InChI is InChI=1S/C14H14N6O2/c1-9-6-12(20-22-9)17-14-18-13(8-15-19-14)16-10-4-3-5-11(7-10)21-2/h3-8H,1-2H3,(H2,16,17,18,19,20). The lowest BCUT2D eigenvalue weighted by molar-refractivity contribution is 0.400. The first-order valence-electron chi connectivity index (χ1n) is 6.54. The molecule has 0 aliphatic rings. The summed E-state index contributed by atoms with van der Waals surface area (Å²) >= 11 is 0. The predicted molar refractivity (Wildman–Crippen MR) is 80.6 cm³/mol. The fraction of sp³-hybridized carbons (Fsp3) is 0.143. The van der Waals surface area contributed by atoms with Gasteiger partial charge in [0.25, 0.3) is 0 Å². The van der Waals surface area contributed by atoms with E-state index in [1.165, 1.54) is 6.20 Å². The lowest BCUT2D eigenvalue weighted by Crippen LogP contribution is -2.02. The number of nitrogens with zero attached hydrogens (tertiary/aromatic N) is 4. The maximum Gasteiger partial charge on any atom is 0.250 e. The molecule has 3 rings (SSSR count). The van der Waals surface area contributed by atoms with Gasteiger partial charge in [0.05, 0.1) is 13.3 Å². The molecular weight excluding hydrogens is 284 g/mol. The van der Waals surface area contributed by atoms with E-state index in [9.17, 15) is 0 Å². The maximum atomic E-state index is 5.18. The second-order valence-electron chi connectivity index (χ2n) is 4.47. The van der Waals surface area contributed by atoms with Gasteiger partial charge in [-0.3, -0.25) is 0 Å². The van der Waals surface area contributed by atoms with Crippen molar-refractivity contribution in [3.05, 3.63) is 42.3 Å². The molecule has 2 heterocycles. The second kappa shape index (κ2) is 6.08. The van der Waals surface area contributed by atoms with Crippen molar-refractivity contribution in [1.29, 1.82) is 0 Å². The van der Waals surface area contributed by atoms with Crippen LogP contribution >= 0.6 is 0 Å². The molecule has 3 aromatic rings. The molecule has 0 radical (unpaired) electrons. The first-order valence-corrected chi connectivity index (χ1v) is 6.54. The smallest absolute Gasteiger partial charge is 0.250 e. The van der Waals surface area contributed by atoms with Gasteiger partial charge in [0.15, 0.2) is 11.6 Å². The molecule has 112 valence electrons. The fourth-order valence-corrected chi connectivity index (χ4v) is 1.81. The van der Waals surface area contributed by atoms with Crippen LogP contribution in [0.4, 0.5) is 23.3 Å². The third-order valence-corrected chi connectivity index (χ3v) is 2.77. The van der Waals surface area contributed by atoms with Gasteiger partial charge in [-0.25, -0.2) is 0 Å². The molecule has 0 fully saturated rings. The number of aromatic nitrogens is 4. The number of methoxy groups -OCH3 is 1. The Hall–Kier alpha value is -3.16. The summed E-state index contributed by atoms with van der Waals surface area (Å²) in [6.07, 6.45) is 1.53. The molecule has 22 heavy (non-hydrogen) atoms. The number of hydrogen-bond donors (Lipinski definition) is 2. The summed E-state index contributed by atoms with van der Waals surface area (Å²) in [6, 6.07) is 9.25. The second-order valence-corrected chi connectivity index (χ2v) is 4.47. The highest BCUT2D eigenvalue weighted by atomic mass is 16.5. The minimum Gasteiger partial charge on any atom is -0.497 e. The highest BCUT2D eigenvalue weighted by Gasteiger charge is 2.05. The van der Waals surface area contributed by atoms with Gasteiger partial charge in [-0.05, 0) is 19.1 Å². The van der Waals surface area contributed by atoms with Crippen LogP contribution in [0.3, 0.4) is 0 Å². The first kappa shape index (κ1) is 13.8. The number of benzene rings is 1. The van der Waals surface area contributed by atoms with E-state index in [0.717, 1.165) is 11.4 Å². The van der Waals surface area contributed by atoms with Crippen LogP contribution in [0.2, 0.25) is 0 Å². The van der Waals surface area contributed by atoms with Crippen molar-refractivity contribution in [1.82, 2.24) is 20.3 Å². The molecule has 0 aliphatic heterocycles. The van der Waals surface area contributed by atoms with Crippen LogP contribution in [0.1, 0.15) is 5.76 Å². The van der Waals surface area contributed by atoms with Crippen LogP contribution in [0, 0.1) is 6.92 Å². The third kappa shape index (κ3) is 3.29. The number of nitrogens with one attached hydrogen (secondary N) is 2. The average molecular weight is 298 g/mol. The van der Waals surface area contributed by atoms with E-state index in [0.29, 0.717) is 23.3 Å². The Morgan fingerprint density at radius 2 is 2.05 bits per heavy atom. The summed E-state index contributed by atoms with van der Waals surface area (Å²) in [5.41, 5.74) is 0.836. The molecule has 8 heteroatoms. The van der Waals surface area contributed by atoms with Crippen molar-refractivity contribution in [2.24, 2.45) is 0 Å². The topological polar surface area (TPSA) is 98.0 Å². The summed E-state index contributed by atoms with van der Waals surface area (Å²) in [4.78, 5) is 4.31. The number of aryl methyl sites for hydroxylation is 1. The van der Waals surface area contributed by atoms with Gasteiger partial charge in [-0.15, -0.1) is 5.10 Å². The van der Waals surface area contributed by atoms with E-state index < -0.39 is 0 Å². The molecule has 1 aromatic carbocycles. The summed E-state index contributed by atoms with van der Waals surface area (Å²) < 4.78 is 10.1. The zero-order chi connectivity index (χ0) is 15.4. The Labute approximate surface area is 126 Å². The van der Waals surface area contributed by atoms with Crippen molar-refractivity contribution in [2.75, 3.05) is 17.7 Å². The minimum atomic E-state index is 0.321. The van der Waals surface area contributed by atoms with Crippen LogP contribution in [-0.2, 0) is 0 Å². The molecular formula is C14H14N6O2. The number of rotatable bonds is 5. The molecule has 0 saturated carbocycles. The van der Waals surface area contributed by atoms with Gasteiger partial charge in [0.2, 0.25) is 5.95 Å². The number of ether oxygens (including phenoxy) is 1.